The summed E-state index contributed by atoms with van der Waals surface area (Å²) in [5, 5.41) is 22.1. The van der Waals surface area contributed by atoms with Crippen LogP contribution < -0.4 is 5.32 Å². The summed E-state index contributed by atoms with van der Waals surface area (Å²) in [6.45, 7) is 13.4. The molecule has 9 heteroatoms. The molecule has 2 aliphatic heterocycles. The molecule has 41 heavy (non-hydrogen) atoms. The van der Waals surface area contributed by atoms with Crippen LogP contribution in [0.5, 0.6) is 0 Å². The SMILES string of the molecule is CC12CC[C@](C(=O)O)(OC1=O)C2(C)C.CC12CC[C@](C(=O)O)(OC1=O)C2(C)C.CNC12CCCC1(C)C1CCC2C1. The molecule has 0 spiro atoms. The summed E-state index contributed by atoms with van der Waals surface area (Å²) in [4.78, 5) is 45.6. The van der Waals surface area contributed by atoms with Crippen molar-refractivity contribution in [1.82, 2.24) is 5.32 Å². The molecular formula is C32H49NO8. The Kier molecular flexibility index (Phi) is 6.43. The normalized spacial score (nSPS) is 48.5. The number of ether oxygens (including phenoxy) is 2. The largest absolute Gasteiger partial charge is 0.478 e. The standard InChI is InChI=1S/C12H21N.2C10H14O4/c1-11-6-3-7-12(11,13-2)10-5-4-9(11)8-10;2*1-8(2)9(3)4-5-10(8,6(11)12)14-7(9)13/h9-10,13H,3-8H2,1-2H3;2*4-5H2,1-3H3,(H,11,12)/t;2*9?,10-/m.11/s1. The van der Waals surface area contributed by atoms with Crippen molar-refractivity contribution >= 4 is 23.9 Å². The molecule has 0 amide bonds. The maximum Gasteiger partial charge on any atom is 0.348 e. The van der Waals surface area contributed by atoms with E-state index >= 15 is 0 Å². The highest BCUT2D eigenvalue weighted by Crippen LogP contribution is 2.68. The van der Waals surface area contributed by atoms with Gasteiger partial charge in [0.15, 0.2) is 0 Å². The van der Waals surface area contributed by atoms with Gasteiger partial charge in [-0.2, -0.15) is 0 Å². The Morgan fingerprint density at radius 2 is 1.15 bits per heavy atom. The van der Waals surface area contributed by atoms with Gasteiger partial charge in [-0.15, -0.1) is 0 Å². The van der Waals surface area contributed by atoms with Crippen molar-refractivity contribution in [3.8, 4) is 0 Å². The second-order valence-corrected chi connectivity index (χ2v) is 15.7. The Bertz CT molecular complexity index is 1130. The van der Waals surface area contributed by atoms with E-state index in [-0.39, 0.29) is 11.9 Å². The molecule has 0 aromatic heterocycles. The lowest BCUT2D eigenvalue weighted by Gasteiger charge is -2.47. The van der Waals surface area contributed by atoms with Crippen LogP contribution in [0.2, 0.25) is 0 Å². The van der Waals surface area contributed by atoms with Gasteiger partial charge in [0.05, 0.1) is 10.8 Å². The average molecular weight is 576 g/mol. The minimum absolute atomic E-state index is 0.365. The van der Waals surface area contributed by atoms with Crippen molar-refractivity contribution in [2.24, 2.45) is 38.9 Å². The molecule has 230 valence electrons. The Labute approximate surface area is 243 Å². The molecule has 0 aromatic rings. The molecule has 9 nitrogen and oxygen atoms in total. The van der Waals surface area contributed by atoms with Crippen LogP contribution >= 0.6 is 0 Å². The van der Waals surface area contributed by atoms with E-state index in [4.69, 9.17) is 9.47 Å². The summed E-state index contributed by atoms with van der Waals surface area (Å²) in [6, 6.07) is 0. The van der Waals surface area contributed by atoms with Gasteiger partial charge in [0, 0.05) is 16.4 Å². The first-order valence-electron chi connectivity index (χ1n) is 15.4. The molecule has 7 rings (SSSR count). The van der Waals surface area contributed by atoms with Gasteiger partial charge < -0.3 is 25.0 Å². The Balaban J connectivity index is 0.000000124. The fraction of sp³-hybridized carbons (Fsp3) is 0.875. The quantitative estimate of drug-likeness (QED) is 0.399. The van der Waals surface area contributed by atoms with Crippen LogP contribution in [0.1, 0.15) is 113 Å². The predicted molar refractivity (Wildman–Crippen MR) is 150 cm³/mol. The van der Waals surface area contributed by atoms with Crippen LogP contribution in [0.25, 0.3) is 0 Å². The third-order valence-corrected chi connectivity index (χ3v) is 14.6. The van der Waals surface area contributed by atoms with Gasteiger partial charge in [0.1, 0.15) is 0 Å². The number of carboxylic acids is 2. The zero-order valence-electron chi connectivity index (χ0n) is 26.1. The van der Waals surface area contributed by atoms with Crippen LogP contribution in [0, 0.1) is 38.9 Å². The first-order valence-corrected chi connectivity index (χ1v) is 15.4. The molecule has 7 fully saturated rings. The Morgan fingerprint density at radius 3 is 1.44 bits per heavy atom. The monoisotopic (exact) mass is 575 g/mol. The topological polar surface area (TPSA) is 139 Å². The Hall–Kier alpha value is -2.16. The van der Waals surface area contributed by atoms with Gasteiger partial charge in [0.2, 0.25) is 11.2 Å². The molecule has 0 aromatic carbocycles. The van der Waals surface area contributed by atoms with Crippen LogP contribution in [0.3, 0.4) is 0 Å². The van der Waals surface area contributed by atoms with E-state index in [2.05, 4.69) is 19.3 Å². The molecule has 2 heterocycles. The highest BCUT2D eigenvalue weighted by molar-refractivity contribution is 5.93. The van der Waals surface area contributed by atoms with Crippen molar-refractivity contribution in [2.75, 3.05) is 7.05 Å². The van der Waals surface area contributed by atoms with Gasteiger partial charge in [0.25, 0.3) is 0 Å². The molecule has 8 atom stereocenters. The van der Waals surface area contributed by atoms with Crippen molar-refractivity contribution < 1.29 is 38.9 Å². The molecule has 7 aliphatic rings. The van der Waals surface area contributed by atoms with Crippen LogP contribution in [-0.4, -0.2) is 57.9 Å². The number of esters is 2. The van der Waals surface area contributed by atoms with E-state index in [9.17, 15) is 29.4 Å². The van der Waals surface area contributed by atoms with E-state index in [1.165, 1.54) is 38.5 Å². The van der Waals surface area contributed by atoms with E-state index < -0.39 is 44.8 Å². The second kappa shape index (κ2) is 8.70. The number of fused-ring (bicyclic) bond motifs is 9. The number of hydrogen-bond acceptors (Lipinski definition) is 7. The maximum absolute atomic E-state index is 11.6. The summed E-state index contributed by atoms with van der Waals surface area (Å²) in [6.07, 6.45) is 11.0. The zero-order valence-corrected chi connectivity index (χ0v) is 26.1. The average Bonchev–Trinajstić information content (AvgIpc) is 3.69. The lowest BCUT2D eigenvalue weighted by atomic mass is 9.64. The van der Waals surface area contributed by atoms with Gasteiger partial charge in [-0.3, -0.25) is 9.59 Å². The summed E-state index contributed by atoms with van der Waals surface area (Å²) >= 11 is 0. The summed E-state index contributed by atoms with van der Waals surface area (Å²) in [7, 11) is 2.20. The fourth-order valence-corrected chi connectivity index (χ4v) is 10.5. The number of aliphatic carboxylic acids is 2. The number of carboxylic acid groups (broad SMARTS) is 2. The number of nitrogens with one attached hydrogen (secondary N) is 1. The van der Waals surface area contributed by atoms with Crippen LogP contribution in [-0.2, 0) is 28.7 Å². The fourth-order valence-electron chi connectivity index (χ4n) is 10.5. The number of hydrogen-bond donors (Lipinski definition) is 3. The first kappa shape index (κ1) is 30.3. The number of carbonyl (C=O) groups excluding carboxylic acids is 2. The highest BCUT2D eigenvalue weighted by Gasteiger charge is 2.77. The van der Waals surface area contributed by atoms with Crippen LogP contribution in [0.4, 0.5) is 0 Å². The van der Waals surface area contributed by atoms with E-state index in [1.54, 1.807) is 41.5 Å². The molecular weight excluding hydrogens is 526 g/mol. The van der Waals surface area contributed by atoms with E-state index in [0.717, 1.165) is 11.8 Å². The molecule has 5 saturated carbocycles. The number of rotatable bonds is 3. The van der Waals surface area contributed by atoms with E-state index in [1.807, 2.05) is 0 Å². The lowest BCUT2D eigenvalue weighted by Crippen LogP contribution is -2.56. The minimum atomic E-state index is -1.29. The van der Waals surface area contributed by atoms with Crippen molar-refractivity contribution in [3.05, 3.63) is 0 Å². The van der Waals surface area contributed by atoms with Gasteiger partial charge in [-0.1, -0.05) is 41.0 Å². The van der Waals surface area contributed by atoms with Crippen molar-refractivity contribution in [3.63, 3.8) is 0 Å². The molecule has 5 aliphatic carbocycles. The number of carbonyl (C=O) groups is 4. The second-order valence-electron chi connectivity index (χ2n) is 15.7. The van der Waals surface area contributed by atoms with Gasteiger partial charge in [-0.05, 0) is 95.9 Å². The molecule has 6 bridgehead atoms. The van der Waals surface area contributed by atoms with Crippen molar-refractivity contribution in [2.45, 2.75) is 129 Å². The minimum Gasteiger partial charge on any atom is -0.478 e. The third kappa shape index (κ3) is 3.22. The predicted octanol–water partition coefficient (Wildman–Crippen LogP) is 4.95. The van der Waals surface area contributed by atoms with Gasteiger partial charge >= 0.3 is 23.9 Å². The summed E-state index contributed by atoms with van der Waals surface area (Å²) < 4.78 is 10.2. The first-order chi connectivity index (χ1) is 18.8. The lowest BCUT2D eigenvalue weighted by molar-refractivity contribution is -0.178. The van der Waals surface area contributed by atoms with Crippen LogP contribution in [0.15, 0.2) is 0 Å². The molecule has 3 N–H and O–H groups in total. The highest BCUT2D eigenvalue weighted by atomic mass is 16.6. The summed E-state index contributed by atoms with van der Waals surface area (Å²) in [5.41, 5.74) is -3.89. The zero-order chi connectivity index (χ0) is 30.7. The van der Waals surface area contributed by atoms with Gasteiger partial charge in [-0.25, -0.2) is 9.59 Å². The molecule has 6 unspecified atom stereocenters. The molecule has 2 saturated heterocycles. The summed E-state index contributed by atoms with van der Waals surface area (Å²) in [5.74, 6) is -0.705. The maximum atomic E-state index is 11.6. The third-order valence-electron chi connectivity index (χ3n) is 14.6. The smallest absolute Gasteiger partial charge is 0.348 e. The Morgan fingerprint density at radius 1 is 0.707 bits per heavy atom. The molecule has 0 radical (unpaired) electrons. The van der Waals surface area contributed by atoms with Crippen molar-refractivity contribution in [1.29, 1.82) is 0 Å². The van der Waals surface area contributed by atoms with E-state index in [0.29, 0.717) is 36.6 Å².